The number of thioether (sulfide) groups is 1. The van der Waals surface area contributed by atoms with Crippen molar-refractivity contribution in [2.45, 2.75) is 24.7 Å². The third-order valence-corrected chi connectivity index (χ3v) is 4.05. The van der Waals surface area contributed by atoms with Crippen molar-refractivity contribution in [3.63, 3.8) is 0 Å². The van der Waals surface area contributed by atoms with Gasteiger partial charge in [0.2, 0.25) is 0 Å². The minimum Gasteiger partial charge on any atom is -0.337 e. The molecule has 0 aliphatic carbocycles. The van der Waals surface area contributed by atoms with Crippen LogP contribution in [0.25, 0.3) is 0 Å². The molecule has 0 aliphatic rings. The zero-order valence-corrected chi connectivity index (χ0v) is 13.6. The van der Waals surface area contributed by atoms with E-state index in [1.165, 1.54) is 0 Å². The van der Waals surface area contributed by atoms with Crippen LogP contribution in [0.5, 0.6) is 0 Å². The highest BCUT2D eigenvalue weighted by atomic mass is 35.5. The molecule has 0 fully saturated rings. The number of carbonyl (C=O) groups excluding carboxylic acids is 1. The van der Waals surface area contributed by atoms with Crippen LogP contribution >= 0.6 is 35.0 Å². The molecule has 1 aromatic carbocycles. The van der Waals surface area contributed by atoms with Gasteiger partial charge in [-0.15, -0.1) is 23.4 Å². The van der Waals surface area contributed by atoms with Crippen LogP contribution in [0.4, 0.5) is 0 Å². The molecule has 0 spiro atoms. The Morgan fingerprint density at radius 2 is 2.11 bits per heavy atom. The number of rotatable bonds is 7. The van der Waals surface area contributed by atoms with E-state index in [1.54, 1.807) is 22.7 Å². The van der Waals surface area contributed by atoms with Crippen molar-refractivity contribution in [3.05, 3.63) is 28.8 Å². The standard InChI is InChI=1S/C14H19Cl2NOS/c1-3-4-8-17(9-7-15)14(18)12-10-11(19-2)5-6-13(12)16/h5-6,10H,3-4,7-9H2,1-2H3. The molecule has 0 bridgehead atoms. The van der Waals surface area contributed by atoms with Crippen molar-refractivity contribution in [1.82, 2.24) is 4.90 Å². The summed E-state index contributed by atoms with van der Waals surface area (Å²) in [7, 11) is 0. The molecule has 0 aliphatic heterocycles. The molecule has 0 heterocycles. The molecule has 0 saturated heterocycles. The fourth-order valence-electron chi connectivity index (χ4n) is 1.73. The molecule has 0 N–H and O–H groups in total. The first-order valence-electron chi connectivity index (χ1n) is 6.32. The van der Waals surface area contributed by atoms with Gasteiger partial charge in [-0.05, 0) is 30.9 Å². The number of unbranched alkanes of at least 4 members (excludes halogenated alkanes) is 1. The van der Waals surface area contributed by atoms with Gasteiger partial charge in [-0.3, -0.25) is 4.79 Å². The van der Waals surface area contributed by atoms with Crippen LogP contribution in [0.1, 0.15) is 30.1 Å². The Kier molecular flexibility index (Phi) is 7.66. The SMILES string of the molecule is CCCCN(CCCl)C(=O)c1cc(SC)ccc1Cl. The van der Waals surface area contributed by atoms with Crippen molar-refractivity contribution in [3.8, 4) is 0 Å². The summed E-state index contributed by atoms with van der Waals surface area (Å²) >= 11 is 13.5. The van der Waals surface area contributed by atoms with E-state index in [-0.39, 0.29) is 5.91 Å². The summed E-state index contributed by atoms with van der Waals surface area (Å²) in [5.74, 6) is 0.407. The predicted molar refractivity (Wildman–Crippen MR) is 84.8 cm³/mol. The number of nitrogens with zero attached hydrogens (tertiary/aromatic N) is 1. The molecule has 0 saturated carbocycles. The summed E-state index contributed by atoms with van der Waals surface area (Å²) in [6.45, 7) is 3.38. The second-order valence-electron chi connectivity index (χ2n) is 4.18. The Balaban J connectivity index is 2.94. The number of halogens is 2. The first kappa shape index (κ1) is 16.7. The highest BCUT2D eigenvalue weighted by Gasteiger charge is 2.18. The Labute approximate surface area is 129 Å². The zero-order valence-electron chi connectivity index (χ0n) is 11.3. The van der Waals surface area contributed by atoms with Gasteiger partial charge in [0.25, 0.3) is 5.91 Å². The molecular formula is C14H19Cl2NOS. The summed E-state index contributed by atoms with van der Waals surface area (Å²) in [6.07, 6.45) is 4.00. The first-order valence-corrected chi connectivity index (χ1v) is 8.46. The summed E-state index contributed by atoms with van der Waals surface area (Å²) in [5.41, 5.74) is 0.565. The number of alkyl halides is 1. The maximum Gasteiger partial charge on any atom is 0.255 e. The van der Waals surface area contributed by atoms with Crippen LogP contribution in [-0.4, -0.2) is 36.0 Å². The van der Waals surface area contributed by atoms with Gasteiger partial charge in [-0.1, -0.05) is 24.9 Å². The molecule has 19 heavy (non-hydrogen) atoms. The van der Waals surface area contributed by atoms with Gasteiger partial charge in [0.1, 0.15) is 0 Å². The van der Waals surface area contributed by atoms with Crippen LogP contribution in [-0.2, 0) is 0 Å². The van der Waals surface area contributed by atoms with E-state index in [1.807, 2.05) is 18.4 Å². The highest BCUT2D eigenvalue weighted by molar-refractivity contribution is 7.98. The first-order chi connectivity index (χ1) is 9.13. The van der Waals surface area contributed by atoms with Crippen LogP contribution in [0.2, 0.25) is 5.02 Å². The molecule has 2 nitrogen and oxygen atoms in total. The van der Waals surface area contributed by atoms with E-state index in [0.29, 0.717) is 23.0 Å². The fourth-order valence-corrected chi connectivity index (χ4v) is 2.57. The minimum absolute atomic E-state index is 0.0324. The average Bonchev–Trinajstić information content (AvgIpc) is 2.43. The molecule has 0 aromatic heterocycles. The zero-order chi connectivity index (χ0) is 14.3. The second kappa shape index (κ2) is 8.72. The Bertz CT molecular complexity index is 426. The van der Waals surface area contributed by atoms with Crippen LogP contribution in [0, 0.1) is 0 Å². The third kappa shape index (κ3) is 4.90. The normalized spacial score (nSPS) is 10.5. The van der Waals surface area contributed by atoms with E-state index in [2.05, 4.69) is 6.92 Å². The van der Waals surface area contributed by atoms with Gasteiger partial charge in [-0.2, -0.15) is 0 Å². The Hall–Kier alpha value is -0.380. The molecule has 0 radical (unpaired) electrons. The molecule has 1 aromatic rings. The van der Waals surface area contributed by atoms with Crippen LogP contribution < -0.4 is 0 Å². The monoisotopic (exact) mass is 319 g/mol. The lowest BCUT2D eigenvalue weighted by Crippen LogP contribution is -2.33. The lowest BCUT2D eigenvalue weighted by molar-refractivity contribution is 0.0763. The second-order valence-corrected chi connectivity index (χ2v) is 5.85. The predicted octanol–water partition coefficient (Wildman–Crippen LogP) is 4.54. The van der Waals surface area contributed by atoms with Crippen LogP contribution in [0.15, 0.2) is 23.1 Å². The molecular weight excluding hydrogens is 301 g/mol. The summed E-state index contributed by atoms with van der Waals surface area (Å²) < 4.78 is 0. The van der Waals surface area contributed by atoms with Crippen molar-refractivity contribution in [1.29, 1.82) is 0 Å². The minimum atomic E-state index is -0.0324. The van der Waals surface area contributed by atoms with Crippen molar-refractivity contribution in [2.75, 3.05) is 25.2 Å². The topological polar surface area (TPSA) is 20.3 Å². The lowest BCUT2D eigenvalue weighted by Gasteiger charge is -2.22. The largest absolute Gasteiger partial charge is 0.337 e. The number of hydrogen-bond acceptors (Lipinski definition) is 2. The van der Waals surface area contributed by atoms with Gasteiger partial charge in [0, 0.05) is 23.9 Å². The third-order valence-electron chi connectivity index (χ3n) is 2.83. The maximum atomic E-state index is 12.5. The Morgan fingerprint density at radius 3 is 2.68 bits per heavy atom. The van der Waals surface area contributed by atoms with E-state index < -0.39 is 0 Å². The van der Waals surface area contributed by atoms with Crippen molar-refractivity contribution in [2.24, 2.45) is 0 Å². The molecule has 0 unspecified atom stereocenters. The van der Waals surface area contributed by atoms with Crippen molar-refractivity contribution < 1.29 is 4.79 Å². The lowest BCUT2D eigenvalue weighted by atomic mass is 10.2. The summed E-state index contributed by atoms with van der Waals surface area (Å²) in [4.78, 5) is 15.3. The smallest absolute Gasteiger partial charge is 0.255 e. The summed E-state index contributed by atoms with van der Waals surface area (Å²) in [6, 6.07) is 5.55. The van der Waals surface area contributed by atoms with Crippen LogP contribution in [0.3, 0.4) is 0 Å². The van der Waals surface area contributed by atoms with E-state index in [4.69, 9.17) is 23.2 Å². The number of benzene rings is 1. The van der Waals surface area contributed by atoms with E-state index in [9.17, 15) is 4.79 Å². The average molecular weight is 320 g/mol. The van der Waals surface area contributed by atoms with Gasteiger partial charge in [0.15, 0.2) is 0 Å². The summed E-state index contributed by atoms with van der Waals surface area (Å²) in [5, 5.41) is 0.499. The van der Waals surface area contributed by atoms with Gasteiger partial charge >= 0.3 is 0 Å². The van der Waals surface area contributed by atoms with E-state index in [0.717, 1.165) is 24.3 Å². The molecule has 0 atom stereocenters. The fraction of sp³-hybridized carbons (Fsp3) is 0.500. The van der Waals surface area contributed by atoms with Gasteiger partial charge < -0.3 is 4.90 Å². The van der Waals surface area contributed by atoms with E-state index >= 15 is 0 Å². The Morgan fingerprint density at radius 1 is 1.37 bits per heavy atom. The molecule has 5 heteroatoms. The molecule has 1 rings (SSSR count). The number of hydrogen-bond donors (Lipinski definition) is 0. The number of carbonyl (C=O) groups is 1. The number of amides is 1. The van der Waals surface area contributed by atoms with Crippen molar-refractivity contribution >= 4 is 40.9 Å². The molecule has 106 valence electrons. The highest BCUT2D eigenvalue weighted by Crippen LogP contribution is 2.24. The quantitative estimate of drug-likeness (QED) is 0.543. The molecule has 1 amide bonds. The van der Waals surface area contributed by atoms with Gasteiger partial charge in [-0.25, -0.2) is 0 Å². The van der Waals surface area contributed by atoms with Gasteiger partial charge in [0.05, 0.1) is 10.6 Å². The maximum absolute atomic E-state index is 12.5.